The van der Waals surface area contributed by atoms with Crippen LogP contribution < -0.4 is 5.32 Å². The molecule has 0 aliphatic carbocycles. The van der Waals surface area contributed by atoms with Gasteiger partial charge in [-0.15, -0.1) is 0 Å². The van der Waals surface area contributed by atoms with Gasteiger partial charge in [-0.1, -0.05) is 57.0 Å². The molecule has 1 N–H and O–H groups in total. The number of nitrogens with one attached hydrogen (secondary N) is 1. The molecule has 0 aliphatic rings. The molecule has 0 saturated carbocycles. The first-order valence-electron chi connectivity index (χ1n) is 6.65. The number of rotatable bonds is 7. The van der Waals surface area contributed by atoms with Crippen molar-refractivity contribution in [3.8, 4) is 0 Å². The SMILES string of the molecule is CCCNCC(c1ccccc1Cl)C(C)CC. The lowest BCUT2D eigenvalue weighted by molar-refractivity contribution is 0.421. The Morgan fingerprint density at radius 2 is 1.94 bits per heavy atom. The zero-order valence-corrected chi connectivity index (χ0v) is 11.9. The lowest BCUT2D eigenvalue weighted by Crippen LogP contribution is -2.26. The van der Waals surface area contributed by atoms with Gasteiger partial charge in [0.2, 0.25) is 0 Å². The van der Waals surface area contributed by atoms with Crippen LogP contribution in [0.15, 0.2) is 24.3 Å². The maximum atomic E-state index is 6.31. The molecular formula is C15H24ClN. The van der Waals surface area contributed by atoms with E-state index in [0.29, 0.717) is 11.8 Å². The van der Waals surface area contributed by atoms with Crippen molar-refractivity contribution in [2.75, 3.05) is 13.1 Å². The molecule has 1 nitrogen and oxygen atoms in total. The number of hydrogen-bond donors (Lipinski definition) is 1. The van der Waals surface area contributed by atoms with Gasteiger partial charge in [0.15, 0.2) is 0 Å². The van der Waals surface area contributed by atoms with Crippen LogP contribution in [0.5, 0.6) is 0 Å². The molecule has 0 aliphatic heterocycles. The molecule has 2 atom stereocenters. The van der Waals surface area contributed by atoms with E-state index in [1.54, 1.807) is 0 Å². The summed E-state index contributed by atoms with van der Waals surface area (Å²) in [6, 6.07) is 8.23. The summed E-state index contributed by atoms with van der Waals surface area (Å²) in [4.78, 5) is 0. The second-order valence-corrected chi connectivity index (χ2v) is 5.12. The maximum absolute atomic E-state index is 6.31. The zero-order valence-electron chi connectivity index (χ0n) is 11.2. The topological polar surface area (TPSA) is 12.0 Å². The summed E-state index contributed by atoms with van der Waals surface area (Å²) in [6.07, 6.45) is 2.36. The van der Waals surface area contributed by atoms with Crippen molar-refractivity contribution in [2.24, 2.45) is 5.92 Å². The Kier molecular flexibility index (Phi) is 6.61. The fourth-order valence-electron chi connectivity index (χ4n) is 2.11. The van der Waals surface area contributed by atoms with Gasteiger partial charge in [-0.3, -0.25) is 0 Å². The highest BCUT2D eigenvalue weighted by Crippen LogP contribution is 2.31. The summed E-state index contributed by atoms with van der Waals surface area (Å²) in [7, 11) is 0. The normalized spacial score (nSPS) is 14.6. The number of benzene rings is 1. The lowest BCUT2D eigenvalue weighted by atomic mass is 9.85. The van der Waals surface area contributed by atoms with E-state index in [1.807, 2.05) is 12.1 Å². The molecule has 2 unspecified atom stereocenters. The molecule has 96 valence electrons. The largest absolute Gasteiger partial charge is 0.316 e. The fraction of sp³-hybridized carbons (Fsp3) is 0.600. The third kappa shape index (κ3) is 4.33. The Bertz CT molecular complexity index is 324. The van der Waals surface area contributed by atoms with Crippen LogP contribution in [-0.2, 0) is 0 Å². The van der Waals surface area contributed by atoms with Crippen LogP contribution in [0.25, 0.3) is 0 Å². The van der Waals surface area contributed by atoms with E-state index in [-0.39, 0.29) is 0 Å². The van der Waals surface area contributed by atoms with E-state index in [1.165, 1.54) is 18.4 Å². The second-order valence-electron chi connectivity index (χ2n) is 4.72. The minimum atomic E-state index is 0.514. The van der Waals surface area contributed by atoms with E-state index >= 15 is 0 Å². The Labute approximate surface area is 111 Å². The van der Waals surface area contributed by atoms with Crippen LogP contribution in [0.4, 0.5) is 0 Å². The van der Waals surface area contributed by atoms with Gasteiger partial charge in [-0.05, 0) is 30.5 Å². The van der Waals surface area contributed by atoms with Gasteiger partial charge in [0.05, 0.1) is 0 Å². The smallest absolute Gasteiger partial charge is 0.0441 e. The predicted octanol–water partition coefficient (Wildman–Crippen LogP) is 4.47. The van der Waals surface area contributed by atoms with E-state index < -0.39 is 0 Å². The van der Waals surface area contributed by atoms with Crippen LogP contribution in [0.1, 0.15) is 45.1 Å². The molecular weight excluding hydrogens is 230 g/mol. The minimum absolute atomic E-state index is 0.514. The standard InChI is InChI=1S/C15H24ClN/c1-4-10-17-11-14(12(3)5-2)13-8-6-7-9-15(13)16/h6-9,12,14,17H,4-5,10-11H2,1-3H3. The fourth-order valence-corrected chi connectivity index (χ4v) is 2.39. The van der Waals surface area contributed by atoms with Gasteiger partial charge in [-0.25, -0.2) is 0 Å². The third-order valence-electron chi connectivity index (χ3n) is 3.43. The molecule has 2 heteroatoms. The monoisotopic (exact) mass is 253 g/mol. The van der Waals surface area contributed by atoms with Gasteiger partial charge >= 0.3 is 0 Å². The van der Waals surface area contributed by atoms with E-state index in [2.05, 4.69) is 38.2 Å². The first-order valence-corrected chi connectivity index (χ1v) is 7.03. The maximum Gasteiger partial charge on any atom is 0.0441 e. The van der Waals surface area contributed by atoms with Crippen molar-refractivity contribution in [2.45, 2.75) is 39.5 Å². The van der Waals surface area contributed by atoms with Crippen LogP contribution in [0, 0.1) is 5.92 Å². The van der Waals surface area contributed by atoms with Crippen molar-refractivity contribution in [1.29, 1.82) is 0 Å². The van der Waals surface area contributed by atoms with Crippen LogP contribution in [-0.4, -0.2) is 13.1 Å². The summed E-state index contributed by atoms with van der Waals surface area (Å²) in [5.74, 6) is 1.17. The van der Waals surface area contributed by atoms with Gasteiger partial charge < -0.3 is 5.32 Å². The van der Waals surface area contributed by atoms with Crippen molar-refractivity contribution in [3.05, 3.63) is 34.9 Å². The van der Waals surface area contributed by atoms with Gasteiger partial charge in [0.1, 0.15) is 0 Å². The van der Waals surface area contributed by atoms with E-state index in [0.717, 1.165) is 18.1 Å². The molecule has 0 aromatic heterocycles. The summed E-state index contributed by atoms with van der Waals surface area (Å²) in [5, 5.41) is 4.42. The first kappa shape index (κ1) is 14.5. The van der Waals surface area contributed by atoms with Gasteiger partial charge in [0.25, 0.3) is 0 Å². The molecule has 17 heavy (non-hydrogen) atoms. The van der Waals surface area contributed by atoms with Crippen molar-refractivity contribution < 1.29 is 0 Å². The van der Waals surface area contributed by atoms with E-state index in [4.69, 9.17) is 11.6 Å². The molecule has 0 fully saturated rings. The minimum Gasteiger partial charge on any atom is -0.316 e. The number of halogens is 1. The Morgan fingerprint density at radius 1 is 1.24 bits per heavy atom. The Morgan fingerprint density at radius 3 is 2.53 bits per heavy atom. The molecule has 0 bridgehead atoms. The predicted molar refractivity (Wildman–Crippen MR) is 76.8 cm³/mol. The molecule has 0 saturated heterocycles. The average Bonchev–Trinajstić information content (AvgIpc) is 2.35. The Hall–Kier alpha value is -0.530. The quantitative estimate of drug-likeness (QED) is 0.707. The van der Waals surface area contributed by atoms with E-state index in [9.17, 15) is 0 Å². The molecule has 1 aromatic carbocycles. The summed E-state index contributed by atoms with van der Waals surface area (Å²) in [6.45, 7) is 8.85. The third-order valence-corrected chi connectivity index (χ3v) is 3.77. The van der Waals surface area contributed by atoms with Crippen molar-refractivity contribution >= 4 is 11.6 Å². The average molecular weight is 254 g/mol. The van der Waals surface area contributed by atoms with Gasteiger partial charge in [-0.2, -0.15) is 0 Å². The van der Waals surface area contributed by atoms with Crippen LogP contribution >= 0.6 is 11.6 Å². The lowest BCUT2D eigenvalue weighted by Gasteiger charge is -2.25. The van der Waals surface area contributed by atoms with Crippen LogP contribution in [0.2, 0.25) is 5.02 Å². The van der Waals surface area contributed by atoms with Crippen molar-refractivity contribution in [3.63, 3.8) is 0 Å². The second kappa shape index (κ2) is 7.73. The zero-order chi connectivity index (χ0) is 12.7. The molecule has 1 rings (SSSR count). The molecule has 0 spiro atoms. The first-order chi connectivity index (χ1) is 8.20. The highest BCUT2D eigenvalue weighted by Gasteiger charge is 2.19. The molecule has 0 amide bonds. The molecule has 1 aromatic rings. The summed E-state index contributed by atoms with van der Waals surface area (Å²) >= 11 is 6.31. The Balaban J connectivity index is 2.79. The summed E-state index contributed by atoms with van der Waals surface area (Å²) in [5.41, 5.74) is 1.28. The number of hydrogen-bond acceptors (Lipinski definition) is 1. The highest BCUT2D eigenvalue weighted by atomic mass is 35.5. The highest BCUT2D eigenvalue weighted by molar-refractivity contribution is 6.31. The van der Waals surface area contributed by atoms with Crippen LogP contribution in [0.3, 0.4) is 0 Å². The van der Waals surface area contributed by atoms with Gasteiger partial charge in [0, 0.05) is 17.5 Å². The van der Waals surface area contributed by atoms with Crippen molar-refractivity contribution in [1.82, 2.24) is 5.32 Å². The molecule has 0 radical (unpaired) electrons. The molecule has 0 heterocycles. The summed E-state index contributed by atoms with van der Waals surface area (Å²) < 4.78 is 0.